The first-order valence-corrected chi connectivity index (χ1v) is 10.3. The maximum absolute atomic E-state index is 13.2. The highest BCUT2D eigenvalue weighted by molar-refractivity contribution is 6.42. The van der Waals surface area contributed by atoms with Crippen LogP contribution in [0, 0.1) is 0 Å². The number of likely N-dealkylation sites (N-methyl/N-ethyl adjacent to an activating group) is 1. The first kappa shape index (κ1) is 23.0. The van der Waals surface area contributed by atoms with Crippen LogP contribution in [0.3, 0.4) is 0 Å². The van der Waals surface area contributed by atoms with Crippen LogP contribution in [0.2, 0.25) is 10.0 Å². The van der Waals surface area contributed by atoms with Gasteiger partial charge < -0.3 is 15.0 Å². The standard InChI is InChI=1S/C22H26Cl2N2O3/c1-4-20(22(28)25-5-2)26(14-16-7-6-8-17(11-16)29-3)21(27)13-15-9-10-18(23)19(24)12-15/h6-12,20H,4-5,13-14H2,1-3H3,(H,25,28)/t20-/m0/s1. The van der Waals surface area contributed by atoms with E-state index in [0.717, 1.165) is 11.1 Å². The fraction of sp³-hybridized carbons (Fsp3) is 0.364. The van der Waals surface area contributed by atoms with E-state index in [0.29, 0.717) is 35.3 Å². The van der Waals surface area contributed by atoms with Crippen LogP contribution >= 0.6 is 23.2 Å². The highest BCUT2D eigenvalue weighted by Gasteiger charge is 2.28. The van der Waals surface area contributed by atoms with E-state index in [2.05, 4.69) is 5.32 Å². The zero-order valence-electron chi connectivity index (χ0n) is 16.9. The van der Waals surface area contributed by atoms with Crippen molar-refractivity contribution in [1.82, 2.24) is 10.2 Å². The van der Waals surface area contributed by atoms with Crippen molar-refractivity contribution in [3.05, 3.63) is 63.6 Å². The topological polar surface area (TPSA) is 58.6 Å². The molecule has 5 nitrogen and oxygen atoms in total. The molecule has 1 N–H and O–H groups in total. The van der Waals surface area contributed by atoms with Crippen LogP contribution in [0.5, 0.6) is 5.75 Å². The zero-order chi connectivity index (χ0) is 21.4. The number of carbonyl (C=O) groups excluding carboxylic acids is 2. The van der Waals surface area contributed by atoms with Crippen LogP contribution in [0.4, 0.5) is 0 Å². The van der Waals surface area contributed by atoms with E-state index in [1.54, 1.807) is 30.2 Å². The average molecular weight is 437 g/mol. The normalized spacial score (nSPS) is 11.6. The van der Waals surface area contributed by atoms with Crippen LogP contribution in [0.25, 0.3) is 0 Å². The average Bonchev–Trinajstić information content (AvgIpc) is 2.71. The third-order valence-electron chi connectivity index (χ3n) is 4.56. The van der Waals surface area contributed by atoms with Gasteiger partial charge in [0, 0.05) is 13.1 Å². The first-order chi connectivity index (χ1) is 13.9. The van der Waals surface area contributed by atoms with Gasteiger partial charge in [-0.25, -0.2) is 0 Å². The van der Waals surface area contributed by atoms with E-state index in [1.165, 1.54) is 0 Å². The molecule has 2 aromatic carbocycles. The Bertz CT molecular complexity index is 858. The molecule has 1 atom stereocenters. The minimum Gasteiger partial charge on any atom is -0.497 e. The molecule has 0 aromatic heterocycles. The predicted octanol–water partition coefficient (Wildman–Crippen LogP) is 4.49. The molecule has 2 rings (SSSR count). The number of benzene rings is 2. The summed E-state index contributed by atoms with van der Waals surface area (Å²) in [5, 5.41) is 3.66. The quantitative estimate of drug-likeness (QED) is 0.629. The second-order valence-corrected chi connectivity index (χ2v) is 7.43. The van der Waals surface area contributed by atoms with Crippen molar-refractivity contribution in [3.63, 3.8) is 0 Å². The molecule has 0 bridgehead atoms. The van der Waals surface area contributed by atoms with Gasteiger partial charge in [0.1, 0.15) is 11.8 Å². The highest BCUT2D eigenvalue weighted by atomic mass is 35.5. The third-order valence-corrected chi connectivity index (χ3v) is 5.30. The molecule has 0 aliphatic rings. The van der Waals surface area contributed by atoms with Crippen LogP contribution < -0.4 is 10.1 Å². The molecule has 29 heavy (non-hydrogen) atoms. The molecule has 0 aliphatic carbocycles. The van der Waals surface area contributed by atoms with E-state index in [-0.39, 0.29) is 18.2 Å². The van der Waals surface area contributed by atoms with Crippen LogP contribution in [-0.4, -0.2) is 36.4 Å². The van der Waals surface area contributed by atoms with Crippen molar-refractivity contribution in [3.8, 4) is 5.75 Å². The number of methoxy groups -OCH3 is 1. The largest absolute Gasteiger partial charge is 0.497 e. The van der Waals surface area contributed by atoms with Gasteiger partial charge in [-0.15, -0.1) is 0 Å². The number of hydrogen-bond donors (Lipinski definition) is 1. The summed E-state index contributed by atoms with van der Waals surface area (Å²) < 4.78 is 5.28. The Morgan fingerprint density at radius 2 is 1.83 bits per heavy atom. The van der Waals surface area contributed by atoms with Gasteiger partial charge >= 0.3 is 0 Å². The summed E-state index contributed by atoms with van der Waals surface area (Å²) in [4.78, 5) is 27.4. The van der Waals surface area contributed by atoms with Crippen molar-refractivity contribution in [2.24, 2.45) is 0 Å². The fourth-order valence-corrected chi connectivity index (χ4v) is 3.43. The van der Waals surface area contributed by atoms with E-state index >= 15 is 0 Å². The van der Waals surface area contributed by atoms with Gasteiger partial charge in [-0.3, -0.25) is 9.59 Å². The molecule has 0 saturated carbocycles. The molecule has 0 saturated heterocycles. The van der Waals surface area contributed by atoms with Crippen molar-refractivity contribution >= 4 is 35.0 Å². The van der Waals surface area contributed by atoms with Crippen molar-refractivity contribution in [2.75, 3.05) is 13.7 Å². The Labute approximate surface area is 181 Å². The molecule has 0 heterocycles. The Morgan fingerprint density at radius 3 is 2.45 bits per heavy atom. The molecule has 2 aromatic rings. The summed E-state index contributed by atoms with van der Waals surface area (Å²) in [5.41, 5.74) is 1.63. The molecule has 0 aliphatic heterocycles. The van der Waals surface area contributed by atoms with Crippen molar-refractivity contribution < 1.29 is 14.3 Å². The number of hydrogen-bond acceptors (Lipinski definition) is 3. The van der Waals surface area contributed by atoms with Gasteiger partial charge in [-0.2, -0.15) is 0 Å². The van der Waals surface area contributed by atoms with Crippen LogP contribution in [-0.2, 0) is 22.6 Å². The van der Waals surface area contributed by atoms with E-state index in [9.17, 15) is 9.59 Å². The van der Waals surface area contributed by atoms with Gasteiger partial charge in [-0.1, -0.05) is 48.3 Å². The lowest BCUT2D eigenvalue weighted by atomic mass is 10.1. The Kier molecular flexibility index (Phi) is 8.80. The molecule has 0 spiro atoms. The van der Waals surface area contributed by atoms with Gasteiger partial charge in [-0.05, 0) is 48.7 Å². The van der Waals surface area contributed by atoms with Gasteiger partial charge in [0.2, 0.25) is 11.8 Å². The first-order valence-electron chi connectivity index (χ1n) is 9.53. The molecular formula is C22H26Cl2N2O3. The van der Waals surface area contributed by atoms with Crippen LogP contribution in [0.15, 0.2) is 42.5 Å². The van der Waals surface area contributed by atoms with Gasteiger partial charge in [0.05, 0.1) is 23.6 Å². The number of halogens is 2. The van der Waals surface area contributed by atoms with E-state index in [4.69, 9.17) is 27.9 Å². The number of carbonyl (C=O) groups is 2. The van der Waals surface area contributed by atoms with Crippen molar-refractivity contribution in [2.45, 2.75) is 39.3 Å². The number of nitrogens with zero attached hydrogens (tertiary/aromatic N) is 1. The molecule has 156 valence electrons. The Morgan fingerprint density at radius 1 is 1.07 bits per heavy atom. The maximum Gasteiger partial charge on any atom is 0.242 e. The molecule has 0 unspecified atom stereocenters. The second-order valence-electron chi connectivity index (χ2n) is 6.62. The maximum atomic E-state index is 13.2. The lowest BCUT2D eigenvalue weighted by Crippen LogP contribution is -2.49. The van der Waals surface area contributed by atoms with Gasteiger partial charge in [0.15, 0.2) is 0 Å². The molecule has 7 heteroatoms. The summed E-state index contributed by atoms with van der Waals surface area (Å²) in [6.45, 7) is 4.55. The summed E-state index contributed by atoms with van der Waals surface area (Å²) >= 11 is 12.1. The molecule has 0 fully saturated rings. The number of rotatable bonds is 9. The molecule has 2 amide bonds. The van der Waals surface area contributed by atoms with Crippen LogP contribution in [0.1, 0.15) is 31.4 Å². The minimum atomic E-state index is -0.573. The SMILES string of the molecule is CCNC(=O)[C@H](CC)N(Cc1cccc(OC)c1)C(=O)Cc1ccc(Cl)c(Cl)c1. The summed E-state index contributed by atoms with van der Waals surface area (Å²) in [6, 6.07) is 12.0. The smallest absolute Gasteiger partial charge is 0.242 e. The highest BCUT2D eigenvalue weighted by Crippen LogP contribution is 2.24. The third kappa shape index (κ3) is 6.38. The second kappa shape index (κ2) is 11.1. The lowest BCUT2D eigenvalue weighted by molar-refractivity contribution is -0.140. The Hall–Kier alpha value is -2.24. The lowest BCUT2D eigenvalue weighted by Gasteiger charge is -2.30. The summed E-state index contributed by atoms with van der Waals surface area (Å²) in [7, 11) is 1.59. The molecule has 0 radical (unpaired) electrons. The fourth-order valence-electron chi connectivity index (χ4n) is 3.10. The van der Waals surface area contributed by atoms with E-state index < -0.39 is 6.04 Å². The zero-order valence-corrected chi connectivity index (χ0v) is 18.4. The summed E-state index contributed by atoms with van der Waals surface area (Å²) in [5.74, 6) is 0.370. The minimum absolute atomic E-state index is 0.122. The number of amides is 2. The Balaban J connectivity index is 2.31. The van der Waals surface area contributed by atoms with E-state index in [1.807, 2.05) is 38.1 Å². The predicted molar refractivity (Wildman–Crippen MR) is 116 cm³/mol. The number of nitrogens with one attached hydrogen (secondary N) is 1. The summed E-state index contributed by atoms with van der Waals surface area (Å²) in [6.07, 6.45) is 0.625. The van der Waals surface area contributed by atoms with Crippen molar-refractivity contribution in [1.29, 1.82) is 0 Å². The number of ether oxygens (including phenoxy) is 1. The monoisotopic (exact) mass is 436 g/mol. The molecular weight excluding hydrogens is 411 g/mol. The van der Waals surface area contributed by atoms with Gasteiger partial charge in [0.25, 0.3) is 0 Å².